The lowest BCUT2D eigenvalue weighted by Crippen LogP contribution is -2.39. The highest BCUT2D eigenvalue weighted by Gasteiger charge is 2.16. The molecule has 0 aromatic rings. The molecule has 0 bridgehead atoms. The first-order valence-corrected chi connectivity index (χ1v) is 12.5. The van der Waals surface area contributed by atoms with Crippen LogP contribution in [0.4, 0.5) is 0 Å². The minimum Gasteiger partial charge on any atom is -0.480 e. The van der Waals surface area contributed by atoms with E-state index in [1.165, 1.54) is 20.8 Å². The van der Waals surface area contributed by atoms with Crippen molar-refractivity contribution >= 4 is 47.6 Å². The van der Waals surface area contributed by atoms with E-state index in [-0.39, 0.29) is 6.54 Å². The van der Waals surface area contributed by atoms with Gasteiger partial charge in [0.2, 0.25) is 0 Å². The van der Waals surface area contributed by atoms with Crippen LogP contribution in [-0.4, -0.2) is 138 Å². The van der Waals surface area contributed by atoms with Gasteiger partial charge in [0.25, 0.3) is 0 Å². The number of rotatable bonds is 11. The fraction of sp³-hybridized carbons (Fsp3) is 0.700. The Morgan fingerprint density at radius 2 is 0.951 bits per heavy atom. The molecule has 6 atom stereocenters. The van der Waals surface area contributed by atoms with E-state index in [2.05, 4.69) is 5.73 Å². The number of aliphatic hydroxyl groups is 2. The molecular formula is C20H46N6O14S. The van der Waals surface area contributed by atoms with Crippen molar-refractivity contribution in [3.8, 4) is 0 Å². The summed E-state index contributed by atoms with van der Waals surface area (Å²) in [6, 6.07) is -4.43. The van der Waals surface area contributed by atoms with Gasteiger partial charge in [-0.2, -0.15) is 11.8 Å². The number of aliphatic hydroxyl groups excluding tert-OH is 2. The predicted molar refractivity (Wildman–Crippen MR) is 148 cm³/mol. The molecule has 0 saturated carbocycles. The molecule has 0 spiro atoms. The highest BCUT2D eigenvalue weighted by atomic mass is 32.2. The number of carboxylic acids is 6. The van der Waals surface area contributed by atoms with Crippen molar-refractivity contribution in [2.45, 2.75) is 63.5 Å². The largest absolute Gasteiger partial charge is 0.480 e. The second-order valence-corrected chi connectivity index (χ2v) is 8.30. The van der Waals surface area contributed by atoms with Crippen LogP contribution in [0.2, 0.25) is 0 Å². The van der Waals surface area contributed by atoms with Crippen molar-refractivity contribution in [2.75, 3.05) is 25.2 Å². The van der Waals surface area contributed by atoms with Crippen molar-refractivity contribution in [1.29, 1.82) is 0 Å². The van der Waals surface area contributed by atoms with E-state index < -0.39 is 78.7 Å². The van der Waals surface area contributed by atoms with Gasteiger partial charge in [0.05, 0.1) is 19.3 Å². The number of hydrogen-bond acceptors (Lipinski definition) is 15. The van der Waals surface area contributed by atoms with Gasteiger partial charge >= 0.3 is 35.8 Å². The summed E-state index contributed by atoms with van der Waals surface area (Å²) in [7, 11) is 0. The third-order valence-corrected chi connectivity index (χ3v) is 3.87. The number of hydrogen-bond donors (Lipinski definition) is 14. The minimum atomic E-state index is -1.18. The molecule has 20 N–H and O–H groups in total. The summed E-state index contributed by atoms with van der Waals surface area (Å²) >= 11 is 1.60. The van der Waals surface area contributed by atoms with Crippen LogP contribution in [-0.2, 0) is 28.8 Å². The van der Waals surface area contributed by atoms with Gasteiger partial charge in [-0.25, -0.2) is 0 Å². The first-order valence-electron chi connectivity index (χ1n) is 11.1. The fourth-order valence-electron chi connectivity index (χ4n) is 0.653. The summed E-state index contributed by atoms with van der Waals surface area (Å²) in [6.45, 7) is 3.39. The van der Waals surface area contributed by atoms with E-state index in [0.29, 0.717) is 6.42 Å². The molecule has 0 saturated heterocycles. The van der Waals surface area contributed by atoms with Crippen LogP contribution >= 0.6 is 11.8 Å². The van der Waals surface area contributed by atoms with Crippen molar-refractivity contribution in [3.05, 3.63) is 0 Å². The molecule has 0 aromatic carbocycles. The Hall–Kier alpha value is -3.15. The van der Waals surface area contributed by atoms with Crippen molar-refractivity contribution in [3.63, 3.8) is 0 Å². The average molecular weight is 627 g/mol. The Kier molecular flexibility index (Phi) is 40.9. The SMILES string of the molecule is CSCC[C@H](N)C(=O)O.C[C@@H](O)[C@H](N)C(=O)O.C[C@H](N)C(=O)O.C[C@H](N)C(=O)O.NCC(=O)O.N[C@@H](CO)C(=O)O. The van der Waals surface area contributed by atoms with Gasteiger partial charge < -0.3 is 75.3 Å². The Morgan fingerprint density at radius 3 is 1.02 bits per heavy atom. The van der Waals surface area contributed by atoms with Gasteiger partial charge in [-0.3, -0.25) is 28.8 Å². The Morgan fingerprint density at radius 1 is 0.659 bits per heavy atom. The standard InChI is InChI=1S/C5H11NO2S.C4H9NO3.C3H7NO3.2C3H7NO2.C2H5NO2/c1-9-3-2-4(6)5(7)8;1-2(6)3(5)4(7)8;4-2(1-5)3(6)7;2*1-2(4)3(5)6;3-1-2(4)5/h4H,2-3,6H2,1H3,(H,7,8);2-3,6H,5H2,1H3,(H,7,8);2,5H,1,4H2,(H,6,7);2*2H,4H2,1H3,(H,5,6);1,3H2,(H,4,5)/t4-;2-,3+;3*2-;/m01000./s1. The number of thioether (sulfide) groups is 1. The number of nitrogens with two attached hydrogens (primary N) is 6. The predicted octanol–water partition coefficient (Wildman–Crippen LogP) is -4.81. The van der Waals surface area contributed by atoms with Crippen molar-refractivity contribution in [2.24, 2.45) is 34.4 Å². The van der Waals surface area contributed by atoms with E-state index in [0.717, 1.165) is 5.75 Å². The molecule has 20 nitrogen and oxygen atoms in total. The minimum absolute atomic E-state index is 0.278. The zero-order valence-electron chi connectivity index (χ0n) is 23.2. The first-order chi connectivity index (χ1) is 18.5. The highest BCUT2D eigenvalue weighted by Crippen LogP contribution is 1.97. The molecule has 0 aliphatic heterocycles. The molecule has 246 valence electrons. The summed E-state index contributed by atoms with van der Waals surface area (Å²) in [4.78, 5) is 58.0. The Bertz CT molecular complexity index is 711. The lowest BCUT2D eigenvalue weighted by molar-refractivity contribution is -0.141. The summed E-state index contributed by atoms with van der Waals surface area (Å²) in [5.41, 5.74) is 29.1. The molecule has 0 aliphatic rings. The smallest absolute Gasteiger partial charge is 0.323 e. The Labute approximate surface area is 240 Å². The molecule has 0 amide bonds. The molecule has 0 aromatic heterocycles. The average Bonchev–Trinajstić information content (AvgIpc) is 2.87. The summed E-state index contributed by atoms with van der Waals surface area (Å²) in [5.74, 6) is -5.35. The number of carboxylic acid groups (broad SMARTS) is 6. The zero-order chi connectivity index (χ0) is 34.5. The van der Waals surface area contributed by atoms with Gasteiger partial charge in [0.15, 0.2) is 0 Å². The van der Waals surface area contributed by atoms with E-state index >= 15 is 0 Å². The van der Waals surface area contributed by atoms with Crippen LogP contribution in [0.3, 0.4) is 0 Å². The summed E-state index contributed by atoms with van der Waals surface area (Å²) in [6.07, 6.45) is 1.50. The van der Waals surface area contributed by atoms with Crippen LogP contribution < -0.4 is 34.4 Å². The zero-order valence-corrected chi connectivity index (χ0v) is 24.0. The van der Waals surface area contributed by atoms with Crippen molar-refractivity contribution < 1.29 is 69.6 Å². The molecule has 21 heteroatoms. The molecule has 0 heterocycles. The number of aliphatic carboxylic acids is 6. The van der Waals surface area contributed by atoms with E-state index in [1.807, 2.05) is 6.26 Å². The van der Waals surface area contributed by atoms with Crippen LogP contribution in [0.5, 0.6) is 0 Å². The lowest BCUT2D eigenvalue weighted by atomic mass is 10.2. The fourth-order valence-corrected chi connectivity index (χ4v) is 1.14. The molecular weight excluding hydrogens is 580 g/mol. The molecule has 0 rings (SSSR count). The third-order valence-electron chi connectivity index (χ3n) is 3.22. The second-order valence-electron chi connectivity index (χ2n) is 7.31. The molecule has 0 unspecified atom stereocenters. The maximum Gasteiger partial charge on any atom is 0.323 e. The van der Waals surface area contributed by atoms with Gasteiger partial charge in [0.1, 0.15) is 30.2 Å². The van der Waals surface area contributed by atoms with Gasteiger partial charge in [-0.1, -0.05) is 0 Å². The maximum absolute atomic E-state index is 10.1. The van der Waals surface area contributed by atoms with Crippen molar-refractivity contribution in [1.82, 2.24) is 0 Å². The van der Waals surface area contributed by atoms with Gasteiger partial charge in [-0.05, 0) is 39.2 Å². The summed E-state index contributed by atoms with van der Waals surface area (Å²) in [5, 5.41) is 64.1. The van der Waals surface area contributed by atoms with Gasteiger partial charge in [-0.15, -0.1) is 0 Å². The van der Waals surface area contributed by atoms with E-state index in [1.54, 1.807) is 11.8 Å². The van der Waals surface area contributed by atoms with Crippen LogP contribution in [0.15, 0.2) is 0 Å². The van der Waals surface area contributed by atoms with Crippen LogP contribution in [0.1, 0.15) is 27.2 Å². The van der Waals surface area contributed by atoms with Crippen LogP contribution in [0, 0.1) is 0 Å². The highest BCUT2D eigenvalue weighted by molar-refractivity contribution is 7.98. The maximum atomic E-state index is 10.1. The Balaban J connectivity index is -0.0000000906. The van der Waals surface area contributed by atoms with E-state index in [9.17, 15) is 28.8 Å². The van der Waals surface area contributed by atoms with E-state index in [4.69, 9.17) is 69.5 Å². The third kappa shape index (κ3) is 53.8. The lowest BCUT2D eigenvalue weighted by Gasteiger charge is -2.06. The second kappa shape index (κ2) is 33.1. The normalized spacial score (nSPS) is 13.5. The first kappa shape index (κ1) is 50.7. The molecule has 0 fully saturated rings. The monoisotopic (exact) mass is 626 g/mol. The molecule has 0 radical (unpaired) electrons. The molecule has 0 aliphatic carbocycles. The van der Waals surface area contributed by atoms with Gasteiger partial charge in [0, 0.05) is 0 Å². The number of carbonyl (C=O) groups is 6. The van der Waals surface area contributed by atoms with Crippen LogP contribution in [0.25, 0.3) is 0 Å². The topological polar surface area (TPSA) is 420 Å². The summed E-state index contributed by atoms with van der Waals surface area (Å²) < 4.78 is 0. The molecule has 41 heavy (non-hydrogen) atoms. The quantitative estimate of drug-likeness (QED) is 0.102.